The highest BCUT2D eigenvalue weighted by Crippen LogP contribution is 2.27. The maximum absolute atomic E-state index is 12.7. The molecule has 0 spiro atoms. The van der Waals surface area contributed by atoms with Crippen LogP contribution in [0.3, 0.4) is 0 Å². The Balaban J connectivity index is 2.54. The second-order valence-electron chi connectivity index (χ2n) is 4.71. The molecule has 3 nitrogen and oxygen atoms in total. The Morgan fingerprint density at radius 3 is 2.30 bits per heavy atom. The molecule has 0 radical (unpaired) electrons. The van der Waals surface area contributed by atoms with Gasteiger partial charge in [0.1, 0.15) is 11.5 Å². The van der Waals surface area contributed by atoms with E-state index in [0.717, 1.165) is 11.1 Å². The van der Waals surface area contributed by atoms with Crippen LogP contribution in [-0.4, -0.2) is 20.0 Å². The minimum Gasteiger partial charge on any atom is -0.497 e. The van der Waals surface area contributed by atoms with Crippen molar-refractivity contribution in [2.24, 2.45) is 0 Å². The van der Waals surface area contributed by atoms with Crippen LogP contribution in [0.4, 0.5) is 0 Å². The number of hydrogen-bond donors (Lipinski definition) is 0. The summed E-state index contributed by atoms with van der Waals surface area (Å²) in [7, 11) is 3.13. The molecule has 0 saturated heterocycles. The van der Waals surface area contributed by atoms with Crippen LogP contribution in [-0.2, 0) is 0 Å². The first-order chi connectivity index (χ1) is 9.56. The number of carbonyl (C=O) groups is 1. The molecule has 0 aliphatic rings. The van der Waals surface area contributed by atoms with Crippen LogP contribution in [0.2, 0.25) is 0 Å². The van der Waals surface area contributed by atoms with E-state index in [1.54, 1.807) is 32.4 Å². The smallest absolute Gasteiger partial charge is 0.197 e. The Hall–Kier alpha value is -2.29. The fraction of sp³-hybridized carbons (Fsp3) is 0.235. The minimum atomic E-state index is -0.0537. The lowest BCUT2D eigenvalue weighted by Crippen LogP contribution is -2.06. The number of carbonyl (C=O) groups excluding carboxylic acids is 1. The van der Waals surface area contributed by atoms with E-state index >= 15 is 0 Å². The van der Waals surface area contributed by atoms with Gasteiger partial charge in [-0.3, -0.25) is 4.79 Å². The molecule has 0 N–H and O–H groups in total. The number of ketones is 1. The van der Waals surface area contributed by atoms with Gasteiger partial charge < -0.3 is 9.47 Å². The van der Waals surface area contributed by atoms with Gasteiger partial charge in [-0.05, 0) is 43.7 Å². The van der Waals surface area contributed by atoms with Crippen molar-refractivity contribution in [3.63, 3.8) is 0 Å². The predicted octanol–water partition coefficient (Wildman–Crippen LogP) is 3.55. The number of hydrogen-bond acceptors (Lipinski definition) is 3. The van der Waals surface area contributed by atoms with E-state index in [9.17, 15) is 4.79 Å². The first-order valence-corrected chi connectivity index (χ1v) is 6.40. The zero-order valence-corrected chi connectivity index (χ0v) is 12.2. The largest absolute Gasteiger partial charge is 0.497 e. The molecule has 0 aromatic heterocycles. The molecular formula is C17H18O3. The van der Waals surface area contributed by atoms with E-state index in [-0.39, 0.29) is 5.78 Å². The van der Waals surface area contributed by atoms with Gasteiger partial charge >= 0.3 is 0 Å². The summed E-state index contributed by atoms with van der Waals surface area (Å²) >= 11 is 0. The lowest BCUT2D eigenvalue weighted by Gasteiger charge is -2.11. The van der Waals surface area contributed by atoms with Gasteiger partial charge in [-0.25, -0.2) is 0 Å². The van der Waals surface area contributed by atoms with Crippen LogP contribution in [0.1, 0.15) is 27.0 Å². The number of benzene rings is 2. The zero-order chi connectivity index (χ0) is 14.7. The summed E-state index contributed by atoms with van der Waals surface area (Å²) in [4.78, 5) is 12.7. The number of methoxy groups -OCH3 is 2. The first-order valence-electron chi connectivity index (χ1n) is 6.40. The fourth-order valence-corrected chi connectivity index (χ4v) is 2.12. The fourth-order valence-electron chi connectivity index (χ4n) is 2.12. The highest BCUT2D eigenvalue weighted by molar-refractivity contribution is 6.11. The third-order valence-corrected chi connectivity index (χ3v) is 3.29. The zero-order valence-electron chi connectivity index (χ0n) is 12.2. The summed E-state index contributed by atoms with van der Waals surface area (Å²) in [5.74, 6) is 1.14. The maximum Gasteiger partial charge on any atom is 0.197 e. The number of aryl methyl sites for hydroxylation is 2. The van der Waals surface area contributed by atoms with Gasteiger partial charge in [0.15, 0.2) is 5.78 Å². The second kappa shape index (κ2) is 5.78. The first kappa shape index (κ1) is 14.1. The van der Waals surface area contributed by atoms with Crippen molar-refractivity contribution in [3.8, 4) is 11.5 Å². The van der Waals surface area contributed by atoms with Crippen molar-refractivity contribution in [1.29, 1.82) is 0 Å². The van der Waals surface area contributed by atoms with Crippen molar-refractivity contribution < 1.29 is 14.3 Å². The Kier molecular flexibility index (Phi) is 4.08. The van der Waals surface area contributed by atoms with Gasteiger partial charge in [-0.15, -0.1) is 0 Å². The molecule has 2 aromatic carbocycles. The SMILES string of the molecule is COc1ccc(OC)c(C(=O)c2cc(C)ccc2C)c1. The summed E-state index contributed by atoms with van der Waals surface area (Å²) in [6.45, 7) is 3.90. The lowest BCUT2D eigenvalue weighted by molar-refractivity contribution is 0.103. The normalized spacial score (nSPS) is 10.2. The number of ether oxygens (including phenoxy) is 2. The van der Waals surface area contributed by atoms with Crippen LogP contribution >= 0.6 is 0 Å². The van der Waals surface area contributed by atoms with E-state index in [1.807, 2.05) is 32.0 Å². The summed E-state index contributed by atoms with van der Waals surface area (Å²) in [5, 5.41) is 0. The number of rotatable bonds is 4. The highest BCUT2D eigenvalue weighted by atomic mass is 16.5. The molecule has 3 heteroatoms. The van der Waals surface area contributed by atoms with Crippen LogP contribution in [0, 0.1) is 13.8 Å². The summed E-state index contributed by atoms with van der Waals surface area (Å²) in [5.41, 5.74) is 3.21. The lowest BCUT2D eigenvalue weighted by atomic mass is 9.96. The molecule has 0 fully saturated rings. The standard InChI is InChI=1S/C17H18O3/c1-11-5-6-12(2)14(9-11)17(18)15-10-13(19-3)7-8-16(15)20-4/h5-10H,1-4H3. The van der Waals surface area contributed by atoms with Gasteiger partial charge in [0.05, 0.1) is 19.8 Å². The van der Waals surface area contributed by atoms with Crippen LogP contribution in [0.25, 0.3) is 0 Å². The molecule has 0 heterocycles. The summed E-state index contributed by atoms with van der Waals surface area (Å²) in [6.07, 6.45) is 0. The third kappa shape index (κ3) is 2.67. The molecule has 2 rings (SSSR count). The molecule has 0 aliphatic carbocycles. The Bertz CT molecular complexity index is 645. The third-order valence-electron chi connectivity index (χ3n) is 3.29. The molecule has 0 bridgehead atoms. The Morgan fingerprint density at radius 1 is 0.900 bits per heavy atom. The van der Waals surface area contributed by atoms with Crippen molar-refractivity contribution in [2.45, 2.75) is 13.8 Å². The predicted molar refractivity (Wildman–Crippen MR) is 78.9 cm³/mol. The Labute approximate surface area is 119 Å². The van der Waals surface area contributed by atoms with Crippen molar-refractivity contribution in [2.75, 3.05) is 14.2 Å². The molecule has 104 valence electrons. The molecule has 0 saturated carbocycles. The van der Waals surface area contributed by atoms with Crippen molar-refractivity contribution in [3.05, 3.63) is 58.7 Å². The summed E-state index contributed by atoms with van der Waals surface area (Å²) in [6, 6.07) is 11.1. The van der Waals surface area contributed by atoms with E-state index in [4.69, 9.17) is 9.47 Å². The maximum atomic E-state index is 12.7. The van der Waals surface area contributed by atoms with E-state index in [2.05, 4.69) is 0 Å². The molecule has 0 unspecified atom stereocenters. The molecule has 2 aromatic rings. The summed E-state index contributed by atoms with van der Waals surface area (Å²) < 4.78 is 10.5. The molecule has 0 amide bonds. The van der Waals surface area contributed by atoms with Gasteiger partial charge in [0.2, 0.25) is 0 Å². The molecule has 0 atom stereocenters. The monoisotopic (exact) mass is 270 g/mol. The van der Waals surface area contributed by atoms with Gasteiger partial charge in [-0.1, -0.05) is 17.7 Å². The molecular weight excluding hydrogens is 252 g/mol. The van der Waals surface area contributed by atoms with Crippen molar-refractivity contribution in [1.82, 2.24) is 0 Å². The molecule has 0 aliphatic heterocycles. The van der Waals surface area contributed by atoms with Gasteiger partial charge in [-0.2, -0.15) is 0 Å². The van der Waals surface area contributed by atoms with Crippen LogP contribution in [0.15, 0.2) is 36.4 Å². The minimum absolute atomic E-state index is 0.0537. The Morgan fingerprint density at radius 2 is 1.65 bits per heavy atom. The van der Waals surface area contributed by atoms with Crippen LogP contribution < -0.4 is 9.47 Å². The van der Waals surface area contributed by atoms with Crippen molar-refractivity contribution >= 4 is 5.78 Å². The second-order valence-corrected chi connectivity index (χ2v) is 4.71. The topological polar surface area (TPSA) is 35.5 Å². The highest BCUT2D eigenvalue weighted by Gasteiger charge is 2.17. The van der Waals surface area contributed by atoms with Crippen LogP contribution in [0.5, 0.6) is 11.5 Å². The van der Waals surface area contributed by atoms with E-state index in [0.29, 0.717) is 22.6 Å². The van der Waals surface area contributed by atoms with Gasteiger partial charge in [0, 0.05) is 5.56 Å². The van der Waals surface area contributed by atoms with Gasteiger partial charge in [0.25, 0.3) is 0 Å². The van der Waals surface area contributed by atoms with E-state index < -0.39 is 0 Å². The quantitative estimate of drug-likeness (QED) is 0.797. The van der Waals surface area contributed by atoms with E-state index in [1.165, 1.54) is 0 Å². The average Bonchev–Trinajstić information content (AvgIpc) is 2.48. The molecule has 20 heavy (non-hydrogen) atoms. The average molecular weight is 270 g/mol.